The third kappa shape index (κ3) is 3.76. The molecule has 2 aromatic rings. The van der Waals surface area contributed by atoms with Crippen LogP contribution in [0.3, 0.4) is 0 Å². The number of aromatic nitrogens is 1. The minimum absolute atomic E-state index is 0.0586. The molecule has 0 aliphatic carbocycles. The summed E-state index contributed by atoms with van der Waals surface area (Å²) in [5.41, 5.74) is 2.04. The summed E-state index contributed by atoms with van der Waals surface area (Å²) < 4.78 is 5.19. The van der Waals surface area contributed by atoms with Crippen LogP contribution in [0.5, 0.6) is 5.88 Å². The van der Waals surface area contributed by atoms with Crippen molar-refractivity contribution in [2.75, 3.05) is 12.9 Å². The first kappa shape index (κ1) is 15.7. The van der Waals surface area contributed by atoms with Gasteiger partial charge in [0.1, 0.15) is 0 Å². The lowest BCUT2D eigenvalue weighted by atomic mass is 10.0. The van der Waals surface area contributed by atoms with Crippen LogP contribution < -0.4 is 15.4 Å². The minimum atomic E-state index is -0.178. The number of thioether (sulfide) groups is 1. The Hall–Kier alpha value is -2.21. The molecule has 120 valence electrons. The molecule has 3 rings (SSSR count). The number of amides is 2. The number of fused-ring (bicyclic) bond motifs is 1. The summed E-state index contributed by atoms with van der Waals surface area (Å²) in [6.07, 6.45) is 2.60. The summed E-state index contributed by atoms with van der Waals surface area (Å²) in [5.74, 6) is 1.55. The van der Waals surface area contributed by atoms with E-state index in [1.54, 1.807) is 13.3 Å². The van der Waals surface area contributed by atoms with Gasteiger partial charge in [0.15, 0.2) is 0 Å². The van der Waals surface area contributed by atoms with Gasteiger partial charge in [0.2, 0.25) is 5.88 Å². The van der Waals surface area contributed by atoms with E-state index in [0.29, 0.717) is 12.4 Å². The second-order valence-corrected chi connectivity index (χ2v) is 6.36. The Morgan fingerprint density at radius 2 is 2.22 bits per heavy atom. The Labute approximate surface area is 139 Å². The van der Waals surface area contributed by atoms with Crippen LogP contribution in [-0.4, -0.2) is 23.9 Å². The van der Waals surface area contributed by atoms with Crippen LogP contribution in [-0.2, 0) is 6.54 Å². The average Bonchev–Trinajstić information content (AvgIpc) is 2.60. The zero-order chi connectivity index (χ0) is 16.1. The summed E-state index contributed by atoms with van der Waals surface area (Å²) in [6, 6.07) is 11.8. The van der Waals surface area contributed by atoms with Crippen LogP contribution in [0.4, 0.5) is 4.79 Å². The van der Waals surface area contributed by atoms with E-state index in [1.165, 1.54) is 10.5 Å². The van der Waals surface area contributed by atoms with Gasteiger partial charge in [0.25, 0.3) is 0 Å². The first-order valence-electron chi connectivity index (χ1n) is 7.52. The SMILES string of the molecule is COc1ncccc1CNC(=O)N[C@H]1CCSc2ccccc21. The molecule has 23 heavy (non-hydrogen) atoms. The van der Waals surface area contributed by atoms with E-state index in [9.17, 15) is 4.79 Å². The molecular weight excluding hydrogens is 310 g/mol. The maximum atomic E-state index is 12.2. The highest BCUT2D eigenvalue weighted by Crippen LogP contribution is 2.35. The highest BCUT2D eigenvalue weighted by Gasteiger charge is 2.21. The molecule has 2 N–H and O–H groups in total. The van der Waals surface area contributed by atoms with Crippen LogP contribution in [0.15, 0.2) is 47.5 Å². The number of benzene rings is 1. The second kappa shape index (κ2) is 7.37. The van der Waals surface area contributed by atoms with Crippen molar-refractivity contribution in [3.8, 4) is 5.88 Å². The largest absolute Gasteiger partial charge is 0.481 e. The Morgan fingerprint density at radius 3 is 3.09 bits per heavy atom. The number of carbonyl (C=O) groups is 1. The van der Waals surface area contributed by atoms with Crippen molar-refractivity contribution >= 4 is 17.8 Å². The van der Waals surface area contributed by atoms with Gasteiger partial charge in [-0.3, -0.25) is 0 Å². The van der Waals surface area contributed by atoms with Crippen LogP contribution in [0, 0.1) is 0 Å². The quantitative estimate of drug-likeness (QED) is 0.904. The third-order valence-electron chi connectivity index (χ3n) is 3.75. The van der Waals surface area contributed by atoms with Gasteiger partial charge < -0.3 is 15.4 Å². The fourth-order valence-corrected chi connectivity index (χ4v) is 3.74. The average molecular weight is 329 g/mol. The number of urea groups is 1. The van der Waals surface area contributed by atoms with E-state index in [4.69, 9.17) is 4.74 Å². The Morgan fingerprint density at radius 1 is 1.35 bits per heavy atom. The molecule has 0 bridgehead atoms. The molecule has 0 spiro atoms. The first-order chi connectivity index (χ1) is 11.3. The molecule has 0 unspecified atom stereocenters. The van der Waals surface area contributed by atoms with E-state index in [2.05, 4.69) is 27.8 Å². The van der Waals surface area contributed by atoms with Crippen LogP contribution >= 0.6 is 11.8 Å². The number of rotatable bonds is 4. The highest BCUT2D eigenvalue weighted by atomic mass is 32.2. The molecule has 0 fully saturated rings. The summed E-state index contributed by atoms with van der Waals surface area (Å²) >= 11 is 1.84. The standard InChI is InChI=1S/C17H19N3O2S/c1-22-16-12(5-4-9-18-16)11-19-17(21)20-14-8-10-23-15-7-3-2-6-13(14)15/h2-7,9,14H,8,10-11H2,1H3,(H2,19,20,21)/t14-/m0/s1. The first-order valence-corrected chi connectivity index (χ1v) is 8.50. The molecular formula is C17H19N3O2S. The molecule has 0 saturated heterocycles. The number of methoxy groups -OCH3 is 1. The van der Waals surface area contributed by atoms with Gasteiger partial charge in [0.05, 0.1) is 13.2 Å². The highest BCUT2D eigenvalue weighted by molar-refractivity contribution is 7.99. The van der Waals surface area contributed by atoms with Gasteiger partial charge in [-0.1, -0.05) is 24.3 Å². The molecule has 1 aliphatic heterocycles. The molecule has 1 atom stereocenters. The molecule has 2 amide bonds. The number of nitrogens with one attached hydrogen (secondary N) is 2. The molecule has 1 aromatic heterocycles. The van der Waals surface area contributed by atoms with Gasteiger partial charge in [-0.05, 0) is 24.1 Å². The normalized spacial score (nSPS) is 16.3. The predicted molar refractivity (Wildman–Crippen MR) is 90.7 cm³/mol. The molecule has 1 aliphatic rings. The summed E-state index contributed by atoms with van der Waals surface area (Å²) in [4.78, 5) is 17.6. The molecule has 0 saturated carbocycles. The Balaban J connectivity index is 1.60. The predicted octanol–water partition coefficient (Wildman–Crippen LogP) is 3.13. The zero-order valence-electron chi connectivity index (χ0n) is 12.9. The number of ether oxygens (including phenoxy) is 1. The molecule has 1 aromatic carbocycles. The maximum Gasteiger partial charge on any atom is 0.315 e. The van der Waals surface area contributed by atoms with Crippen molar-refractivity contribution in [3.05, 3.63) is 53.7 Å². The van der Waals surface area contributed by atoms with Crippen molar-refractivity contribution in [1.82, 2.24) is 15.6 Å². The minimum Gasteiger partial charge on any atom is -0.481 e. The fraction of sp³-hybridized carbons (Fsp3) is 0.294. The van der Waals surface area contributed by atoms with Crippen molar-refractivity contribution < 1.29 is 9.53 Å². The van der Waals surface area contributed by atoms with Gasteiger partial charge in [-0.15, -0.1) is 11.8 Å². The topological polar surface area (TPSA) is 63.2 Å². The molecule has 2 heterocycles. The van der Waals surface area contributed by atoms with Gasteiger partial charge in [0, 0.05) is 29.0 Å². The van der Waals surface area contributed by atoms with Crippen molar-refractivity contribution in [1.29, 1.82) is 0 Å². The Kier molecular flexibility index (Phi) is 5.02. The summed E-state index contributed by atoms with van der Waals surface area (Å²) in [5, 5.41) is 5.93. The van der Waals surface area contributed by atoms with Crippen molar-refractivity contribution in [2.45, 2.75) is 23.9 Å². The van der Waals surface area contributed by atoms with Crippen molar-refractivity contribution in [2.24, 2.45) is 0 Å². The lowest BCUT2D eigenvalue weighted by molar-refractivity contribution is 0.236. The molecule has 6 heteroatoms. The van der Waals surface area contributed by atoms with Crippen LogP contribution in [0.25, 0.3) is 0 Å². The Bertz CT molecular complexity index is 693. The van der Waals surface area contributed by atoms with E-state index in [1.807, 2.05) is 36.0 Å². The number of hydrogen-bond donors (Lipinski definition) is 2. The smallest absolute Gasteiger partial charge is 0.315 e. The molecule has 5 nitrogen and oxygen atoms in total. The third-order valence-corrected chi connectivity index (χ3v) is 4.87. The van der Waals surface area contributed by atoms with Crippen molar-refractivity contribution in [3.63, 3.8) is 0 Å². The maximum absolute atomic E-state index is 12.2. The number of hydrogen-bond acceptors (Lipinski definition) is 4. The van der Waals surface area contributed by atoms with Crippen LogP contribution in [0.2, 0.25) is 0 Å². The van der Waals surface area contributed by atoms with Gasteiger partial charge >= 0.3 is 6.03 Å². The number of pyridine rings is 1. The van der Waals surface area contributed by atoms with Crippen LogP contribution in [0.1, 0.15) is 23.6 Å². The number of carbonyl (C=O) groups excluding carboxylic acids is 1. The lowest BCUT2D eigenvalue weighted by Gasteiger charge is -2.26. The summed E-state index contributed by atoms with van der Waals surface area (Å²) in [7, 11) is 1.57. The summed E-state index contributed by atoms with van der Waals surface area (Å²) in [6.45, 7) is 0.381. The van der Waals surface area contributed by atoms with Gasteiger partial charge in [-0.25, -0.2) is 9.78 Å². The lowest BCUT2D eigenvalue weighted by Crippen LogP contribution is -2.38. The fourth-order valence-electron chi connectivity index (χ4n) is 2.62. The zero-order valence-corrected chi connectivity index (χ0v) is 13.7. The van der Waals surface area contributed by atoms with E-state index < -0.39 is 0 Å². The van der Waals surface area contributed by atoms with E-state index in [-0.39, 0.29) is 12.1 Å². The molecule has 0 radical (unpaired) electrons. The van der Waals surface area contributed by atoms with Gasteiger partial charge in [-0.2, -0.15) is 0 Å². The van der Waals surface area contributed by atoms with E-state index >= 15 is 0 Å². The second-order valence-electron chi connectivity index (χ2n) is 5.23. The monoisotopic (exact) mass is 329 g/mol. The van der Waals surface area contributed by atoms with E-state index in [0.717, 1.165) is 17.7 Å². The number of nitrogens with zero attached hydrogens (tertiary/aromatic N) is 1.